The Balaban J connectivity index is 2.18. The summed E-state index contributed by atoms with van der Waals surface area (Å²) in [5.74, 6) is 0. The molecule has 0 bridgehead atoms. The molecule has 9 heteroatoms. The van der Waals surface area contributed by atoms with E-state index in [9.17, 15) is 10.2 Å². The zero-order chi connectivity index (χ0) is 25.4. The average molecular weight is 517 g/mol. The molecular weight excluding hydrogens is 468 g/mol. The Morgan fingerprint density at radius 2 is 1.38 bits per heavy atom. The molecule has 7 atom stereocenters. The van der Waals surface area contributed by atoms with Gasteiger partial charge < -0.3 is 32.7 Å². The first kappa shape index (κ1) is 28.5. The molecule has 0 aromatic carbocycles. The van der Waals surface area contributed by atoms with E-state index in [1.165, 1.54) is 6.08 Å². The summed E-state index contributed by atoms with van der Waals surface area (Å²) in [5.41, 5.74) is 0.772. The number of hydrogen-bond acceptors (Lipinski definition) is 7. The molecule has 198 valence electrons. The van der Waals surface area contributed by atoms with Crippen LogP contribution in [0.25, 0.3) is 0 Å². The highest BCUT2D eigenvalue weighted by Gasteiger charge is 2.63. The third-order valence-corrected chi connectivity index (χ3v) is 18.3. The zero-order valence-electron chi connectivity index (χ0n) is 22.4. The highest BCUT2D eigenvalue weighted by atomic mass is 28.5. The molecule has 2 N–H and O–H groups in total. The van der Waals surface area contributed by atoms with Crippen LogP contribution in [-0.4, -0.2) is 76.7 Å². The molecule has 0 radical (unpaired) electrons. The maximum absolute atomic E-state index is 11.2. The molecule has 0 spiro atoms. The molecule has 0 saturated carbocycles. The van der Waals surface area contributed by atoms with Gasteiger partial charge in [0.2, 0.25) is 0 Å². The van der Waals surface area contributed by atoms with Crippen LogP contribution in [0.4, 0.5) is 0 Å². The highest BCUT2D eigenvalue weighted by molar-refractivity contribution is 6.84. The monoisotopic (exact) mass is 516 g/mol. The number of ether oxygens (including phenoxy) is 2. The van der Waals surface area contributed by atoms with Crippen LogP contribution < -0.4 is 0 Å². The van der Waals surface area contributed by atoms with Crippen molar-refractivity contribution in [2.45, 2.75) is 140 Å². The van der Waals surface area contributed by atoms with Gasteiger partial charge in [-0.2, -0.15) is 0 Å². The predicted octanol–water partition coefficient (Wildman–Crippen LogP) is 4.56. The number of aliphatic hydroxyl groups is 2. The van der Waals surface area contributed by atoms with E-state index in [1.807, 2.05) is 0 Å². The van der Waals surface area contributed by atoms with Crippen LogP contribution in [-0.2, 0) is 22.4 Å². The maximum Gasteiger partial charge on any atom is 0.335 e. The van der Waals surface area contributed by atoms with Crippen molar-refractivity contribution in [3.8, 4) is 0 Å². The lowest BCUT2D eigenvalue weighted by Crippen LogP contribution is -2.60. The van der Waals surface area contributed by atoms with Crippen molar-refractivity contribution in [3.05, 3.63) is 12.7 Å². The van der Waals surface area contributed by atoms with Crippen LogP contribution in [0.3, 0.4) is 0 Å². The smallest absolute Gasteiger partial charge is 0.335 e. The second-order valence-electron chi connectivity index (χ2n) is 11.5. The van der Waals surface area contributed by atoms with Gasteiger partial charge in [-0.3, -0.25) is 0 Å². The van der Waals surface area contributed by atoms with Crippen molar-refractivity contribution < 1.29 is 32.7 Å². The van der Waals surface area contributed by atoms with Gasteiger partial charge in [0.15, 0.2) is 0 Å². The molecule has 3 heterocycles. The Kier molecular flexibility index (Phi) is 9.30. The number of fused-ring (bicyclic) bond motifs is 2. The average Bonchev–Trinajstić information content (AvgIpc) is 3.03. The molecule has 7 nitrogen and oxygen atoms in total. The third kappa shape index (κ3) is 5.15. The largest absolute Gasteiger partial charge is 0.414 e. The molecule has 0 aromatic heterocycles. The third-order valence-electron chi connectivity index (χ3n) is 7.99. The predicted molar refractivity (Wildman–Crippen MR) is 137 cm³/mol. The van der Waals surface area contributed by atoms with Crippen LogP contribution in [0, 0.1) is 0 Å². The standard InChI is InChI=1S/C25H48O7Si2/c1-10-19(26)23(27)25-24-22(14-21-20(29-25)12-11-13-28-21)30-33(15(2)3,16(4)5)32-34(31-24,17(6)7)18(8)9/h10,15-27H,1,11-14H2,2-9H3/t19?,20-,21+,22-,23?,24-,25+/m0/s1. The quantitative estimate of drug-likeness (QED) is 0.379. The molecule has 3 rings (SSSR count). The molecular formula is C25H48O7Si2. The van der Waals surface area contributed by atoms with E-state index in [2.05, 4.69) is 62.0 Å². The summed E-state index contributed by atoms with van der Waals surface area (Å²) in [6, 6.07) is 0. The van der Waals surface area contributed by atoms with E-state index in [0.717, 1.165) is 12.8 Å². The summed E-state index contributed by atoms with van der Waals surface area (Å²) in [5, 5.41) is 21.8. The molecule has 0 aromatic rings. The molecule has 0 amide bonds. The Morgan fingerprint density at radius 3 is 1.91 bits per heavy atom. The molecule has 2 unspecified atom stereocenters. The summed E-state index contributed by atoms with van der Waals surface area (Å²) >= 11 is 0. The Bertz CT molecular complexity index is 670. The van der Waals surface area contributed by atoms with Crippen LogP contribution in [0.15, 0.2) is 12.7 Å². The van der Waals surface area contributed by atoms with Crippen LogP contribution in [0.5, 0.6) is 0 Å². The highest BCUT2D eigenvalue weighted by Crippen LogP contribution is 2.50. The van der Waals surface area contributed by atoms with Crippen molar-refractivity contribution in [3.63, 3.8) is 0 Å². The molecule has 3 saturated heterocycles. The van der Waals surface area contributed by atoms with Gasteiger partial charge in [-0.05, 0) is 35.0 Å². The van der Waals surface area contributed by atoms with E-state index in [4.69, 9.17) is 22.4 Å². The summed E-state index contributed by atoms with van der Waals surface area (Å²) < 4.78 is 34.3. The van der Waals surface area contributed by atoms with Gasteiger partial charge in [-0.25, -0.2) is 0 Å². The van der Waals surface area contributed by atoms with E-state index >= 15 is 0 Å². The minimum atomic E-state index is -2.86. The molecule has 34 heavy (non-hydrogen) atoms. The van der Waals surface area contributed by atoms with Gasteiger partial charge in [0.1, 0.15) is 24.4 Å². The fourth-order valence-corrected chi connectivity index (χ4v) is 17.3. The maximum atomic E-state index is 11.2. The number of rotatable bonds is 7. The minimum Gasteiger partial charge on any atom is -0.414 e. The van der Waals surface area contributed by atoms with E-state index in [1.54, 1.807) is 0 Å². The molecule has 0 aliphatic carbocycles. The normalized spacial score (nSPS) is 35.4. The topological polar surface area (TPSA) is 86.6 Å². The Labute approximate surface area is 208 Å². The molecule has 3 aliphatic heterocycles. The first-order valence-electron chi connectivity index (χ1n) is 13.2. The van der Waals surface area contributed by atoms with Crippen LogP contribution in [0.2, 0.25) is 22.2 Å². The van der Waals surface area contributed by atoms with Crippen molar-refractivity contribution >= 4 is 17.1 Å². The Morgan fingerprint density at radius 1 is 0.824 bits per heavy atom. The fraction of sp³-hybridized carbons (Fsp3) is 0.920. The Hall–Kier alpha value is -0.106. The van der Waals surface area contributed by atoms with E-state index in [-0.39, 0.29) is 40.5 Å². The lowest BCUT2D eigenvalue weighted by molar-refractivity contribution is -0.175. The second kappa shape index (κ2) is 11.1. The van der Waals surface area contributed by atoms with E-state index < -0.39 is 41.5 Å². The van der Waals surface area contributed by atoms with Gasteiger partial charge in [0.25, 0.3) is 0 Å². The van der Waals surface area contributed by atoms with Gasteiger partial charge in [-0.1, -0.05) is 61.5 Å². The van der Waals surface area contributed by atoms with Crippen LogP contribution in [0.1, 0.15) is 74.7 Å². The lowest BCUT2D eigenvalue weighted by Gasteiger charge is -2.46. The zero-order valence-corrected chi connectivity index (χ0v) is 24.4. The second-order valence-corrected chi connectivity index (χ2v) is 20.3. The van der Waals surface area contributed by atoms with Crippen LogP contribution >= 0.6 is 0 Å². The van der Waals surface area contributed by atoms with Gasteiger partial charge >= 0.3 is 17.1 Å². The molecule has 3 fully saturated rings. The minimum absolute atomic E-state index is 0.138. The summed E-state index contributed by atoms with van der Waals surface area (Å²) in [6.45, 7) is 21.9. The number of aliphatic hydroxyl groups excluding tert-OH is 2. The fourth-order valence-electron chi connectivity index (χ4n) is 6.00. The van der Waals surface area contributed by atoms with E-state index in [0.29, 0.717) is 13.0 Å². The van der Waals surface area contributed by atoms with Crippen molar-refractivity contribution in [1.29, 1.82) is 0 Å². The lowest BCUT2D eigenvalue weighted by atomic mass is 9.96. The first-order chi connectivity index (χ1) is 15.9. The number of hydrogen-bond donors (Lipinski definition) is 2. The summed E-state index contributed by atoms with van der Waals surface area (Å²) in [7, 11) is -5.64. The summed E-state index contributed by atoms with van der Waals surface area (Å²) in [4.78, 5) is 0. The van der Waals surface area contributed by atoms with Crippen molar-refractivity contribution in [1.82, 2.24) is 0 Å². The van der Waals surface area contributed by atoms with Crippen molar-refractivity contribution in [2.24, 2.45) is 0 Å². The molecule has 3 aliphatic rings. The first-order valence-corrected chi connectivity index (χ1v) is 17.1. The van der Waals surface area contributed by atoms with Gasteiger partial charge in [0, 0.05) is 13.0 Å². The van der Waals surface area contributed by atoms with Gasteiger partial charge in [-0.15, -0.1) is 6.58 Å². The summed E-state index contributed by atoms with van der Waals surface area (Å²) in [6.07, 6.45) is -0.589. The van der Waals surface area contributed by atoms with Crippen molar-refractivity contribution in [2.75, 3.05) is 6.61 Å². The van der Waals surface area contributed by atoms with Gasteiger partial charge in [0.05, 0.1) is 18.3 Å². The SMILES string of the molecule is C=CC(O)C(O)[C@H]1O[C@H]2CCCO[C@@H]2C[C@@H]2O[Si](C(C)C)(C(C)C)O[Si](C(C)C)(C(C)C)O[C@@H]21.